The van der Waals surface area contributed by atoms with Crippen LogP contribution in [0.4, 0.5) is 0 Å². The van der Waals surface area contributed by atoms with Gasteiger partial charge in [-0.05, 0) is 42.8 Å². The summed E-state index contributed by atoms with van der Waals surface area (Å²) in [6.45, 7) is 1.13. The van der Waals surface area contributed by atoms with E-state index in [4.69, 9.17) is 30.5 Å². The molecule has 0 amide bonds. The van der Waals surface area contributed by atoms with Crippen molar-refractivity contribution in [2.24, 2.45) is 0 Å². The standard InChI is InChI=1S/C28H29ClN2O9S/c1-14(39-28-25(35)24(34)23(33)21(11-32)40-28)12-38-19-8-7-17(9-20(19)37-2)31-13-30-18-10-22(41-26(18)27(31)36)15-3-5-16(29)6-4-15/h3-10,13-14,21,23-25,28,32-35H,11-12H2,1-2H3/t14?,21-,23+,24-,25-,28+/m1/s1. The van der Waals surface area contributed by atoms with Crippen molar-refractivity contribution < 1.29 is 39.4 Å². The van der Waals surface area contributed by atoms with Crippen LogP contribution in [0.3, 0.4) is 0 Å². The van der Waals surface area contributed by atoms with Gasteiger partial charge in [0, 0.05) is 16.0 Å². The zero-order valence-corrected chi connectivity index (χ0v) is 23.7. The van der Waals surface area contributed by atoms with Crippen molar-refractivity contribution in [1.29, 1.82) is 0 Å². The van der Waals surface area contributed by atoms with Crippen molar-refractivity contribution in [2.45, 2.75) is 43.7 Å². The highest BCUT2D eigenvalue weighted by atomic mass is 35.5. The van der Waals surface area contributed by atoms with Crippen molar-refractivity contribution in [2.75, 3.05) is 20.3 Å². The summed E-state index contributed by atoms with van der Waals surface area (Å²) in [5.74, 6) is 0.742. The predicted octanol–water partition coefficient (Wildman–Crippen LogP) is 2.36. The van der Waals surface area contributed by atoms with Crippen molar-refractivity contribution in [3.63, 3.8) is 0 Å². The third-order valence-electron chi connectivity index (χ3n) is 6.68. The lowest BCUT2D eigenvalue weighted by molar-refractivity contribution is -0.311. The van der Waals surface area contributed by atoms with Crippen molar-refractivity contribution in [3.8, 4) is 27.6 Å². The van der Waals surface area contributed by atoms with Gasteiger partial charge >= 0.3 is 0 Å². The summed E-state index contributed by atoms with van der Waals surface area (Å²) in [4.78, 5) is 18.8. The second kappa shape index (κ2) is 12.4. The minimum atomic E-state index is -1.54. The Labute approximate surface area is 243 Å². The molecule has 0 aliphatic carbocycles. The summed E-state index contributed by atoms with van der Waals surface area (Å²) >= 11 is 7.35. The molecule has 1 unspecified atom stereocenters. The van der Waals surface area contributed by atoms with Gasteiger partial charge in [0.15, 0.2) is 17.8 Å². The Balaban J connectivity index is 1.30. The number of aliphatic hydroxyl groups excluding tert-OH is 4. The summed E-state index contributed by atoms with van der Waals surface area (Å²) in [5, 5.41) is 40.1. The van der Waals surface area contributed by atoms with E-state index < -0.39 is 43.4 Å². The van der Waals surface area contributed by atoms with Gasteiger partial charge < -0.3 is 39.4 Å². The second-order valence-electron chi connectivity index (χ2n) is 9.54. The number of aromatic nitrogens is 2. The first-order chi connectivity index (χ1) is 19.7. The first kappa shape index (κ1) is 29.4. The Hall–Kier alpha value is -3.07. The molecule has 1 aliphatic rings. The maximum absolute atomic E-state index is 13.4. The molecule has 4 aromatic rings. The Morgan fingerprint density at radius 3 is 2.54 bits per heavy atom. The van der Waals surface area contributed by atoms with E-state index in [0.717, 1.165) is 10.4 Å². The van der Waals surface area contributed by atoms with Crippen LogP contribution in [0.5, 0.6) is 11.5 Å². The maximum atomic E-state index is 13.4. The molecule has 3 heterocycles. The van der Waals surface area contributed by atoms with Gasteiger partial charge in [0.1, 0.15) is 42.0 Å². The number of aliphatic hydroxyl groups is 4. The minimum Gasteiger partial charge on any atom is -0.493 e. The Bertz CT molecular complexity index is 1560. The van der Waals surface area contributed by atoms with Gasteiger partial charge in [-0.3, -0.25) is 9.36 Å². The molecule has 6 atom stereocenters. The fraction of sp³-hybridized carbons (Fsp3) is 0.357. The zero-order valence-electron chi connectivity index (χ0n) is 22.1. The average Bonchev–Trinajstić information content (AvgIpc) is 3.42. The molecule has 11 nitrogen and oxygen atoms in total. The van der Waals surface area contributed by atoms with Crippen molar-refractivity contribution in [3.05, 3.63) is 70.2 Å². The number of fused-ring (bicyclic) bond motifs is 1. The summed E-state index contributed by atoms with van der Waals surface area (Å²) < 4.78 is 24.3. The first-order valence-electron chi connectivity index (χ1n) is 12.7. The molecule has 0 saturated carbocycles. The molecule has 0 bridgehead atoms. The highest BCUT2D eigenvalue weighted by Crippen LogP contribution is 2.33. The summed E-state index contributed by atoms with van der Waals surface area (Å²) in [6, 6.07) is 14.3. The largest absolute Gasteiger partial charge is 0.493 e. The molecule has 1 saturated heterocycles. The Morgan fingerprint density at radius 2 is 1.83 bits per heavy atom. The van der Waals surface area contributed by atoms with E-state index in [9.17, 15) is 25.2 Å². The smallest absolute Gasteiger partial charge is 0.275 e. The molecule has 0 radical (unpaired) electrons. The van der Waals surface area contributed by atoms with Crippen LogP contribution in [0.15, 0.2) is 59.7 Å². The van der Waals surface area contributed by atoms with Gasteiger partial charge in [-0.1, -0.05) is 23.7 Å². The average molecular weight is 605 g/mol. The van der Waals surface area contributed by atoms with Gasteiger partial charge in [0.2, 0.25) is 0 Å². The fourth-order valence-electron chi connectivity index (χ4n) is 4.43. The third-order valence-corrected chi connectivity index (χ3v) is 8.09. The van der Waals surface area contributed by atoms with Crippen LogP contribution < -0.4 is 15.0 Å². The number of benzene rings is 2. The predicted molar refractivity (Wildman–Crippen MR) is 152 cm³/mol. The van der Waals surface area contributed by atoms with Crippen LogP contribution in [0.25, 0.3) is 26.3 Å². The number of ether oxygens (including phenoxy) is 4. The Morgan fingerprint density at radius 1 is 1.07 bits per heavy atom. The van der Waals surface area contributed by atoms with Gasteiger partial charge in [-0.25, -0.2) is 4.98 Å². The molecule has 41 heavy (non-hydrogen) atoms. The van der Waals surface area contributed by atoms with Crippen LogP contribution in [0.1, 0.15) is 6.92 Å². The third kappa shape index (κ3) is 6.10. The van der Waals surface area contributed by atoms with Crippen LogP contribution in [0, 0.1) is 0 Å². The normalized spacial score (nSPS) is 23.4. The summed E-state index contributed by atoms with van der Waals surface area (Å²) in [7, 11) is 1.47. The molecular formula is C28H29ClN2O9S. The van der Waals surface area contributed by atoms with Gasteiger partial charge in [-0.2, -0.15) is 0 Å². The van der Waals surface area contributed by atoms with Crippen molar-refractivity contribution in [1.82, 2.24) is 9.55 Å². The number of methoxy groups -OCH3 is 1. The molecule has 1 aliphatic heterocycles. The summed E-state index contributed by atoms with van der Waals surface area (Å²) in [6.07, 6.45) is -6.04. The lowest BCUT2D eigenvalue weighted by Crippen LogP contribution is -2.59. The van der Waals surface area contributed by atoms with Gasteiger partial charge in [0.05, 0.1) is 31.0 Å². The van der Waals surface area contributed by atoms with E-state index in [1.807, 2.05) is 18.2 Å². The monoisotopic (exact) mass is 604 g/mol. The fourth-order valence-corrected chi connectivity index (χ4v) is 5.61. The number of hydrogen-bond donors (Lipinski definition) is 4. The van der Waals surface area contributed by atoms with E-state index in [2.05, 4.69) is 4.98 Å². The second-order valence-corrected chi connectivity index (χ2v) is 11.0. The van der Waals surface area contributed by atoms with Crippen molar-refractivity contribution >= 4 is 33.2 Å². The molecule has 5 rings (SSSR count). The molecule has 1 fully saturated rings. The van der Waals surface area contributed by atoms with Gasteiger partial charge in [0.25, 0.3) is 5.56 Å². The highest BCUT2D eigenvalue weighted by Gasteiger charge is 2.44. The number of halogens is 1. The SMILES string of the molecule is COc1cc(-n2cnc3cc(-c4ccc(Cl)cc4)sc3c2=O)ccc1OCC(C)O[C@H]1O[C@H](CO)[C@H](O)[C@@H](O)[C@H]1O. The molecular weight excluding hydrogens is 576 g/mol. The number of nitrogens with zero attached hydrogens (tertiary/aromatic N) is 2. The molecule has 218 valence electrons. The van der Waals surface area contributed by atoms with E-state index in [1.54, 1.807) is 37.3 Å². The molecule has 13 heteroatoms. The zero-order chi connectivity index (χ0) is 29.3. The van der Waals surface area contributed by atoms with E-state index in [-0.39, 0.29) is 12.2 Å². The molecule has 0 spiro atoms. The lowest BCUT2D eigenvalue weighted by atomic mass is 9.99. The topological polar surface area (TPSA) is 153 Å². The minimum absolute atomic E-state index is 0.0147. The van der Waals surface area contributed by atoms with E-state index in [0.29, 0.717) is 32.4 Å². The van der Waals surface area contributed by atoms with Crippen LogP contribution in [-0.2, 0) is 9.47 Å². The number of thiophene rings is 1. The molecule has 2 aromatic carbocycles. The van der Waals surface area contributed by atoms with Gasteiger partial charge in [-0.15, -0.1) is 11.3 Å². The number of rotatable bonds is 9. The van der Waals surface area contributed by atoms with Crippen LogP contribution in [0.2, 0.25) is 5.02 Å². The quantitative estimate of drug-likeness (QED) is 0.224. The highest BCUT2D eigenvalue weighted by molar-refractivity contribution is 7.22. The molecule has 2 aromatic heterocycles. The first-order valence-corrected chi connectivity index (χ1v) is 13.9. The summed E-state index contributed by atoms with van der Waals surface area (Å²) in [5.41, 5.74) is 1.84. The molecule has 4 N–H and O–H groups in total. The lowest BCUT2D eigenvalue weighted by Gasteiger charge is -2.40. The van der Waals surface area contributed by atoms with Crippen LogP contribution in [-0.4, -0.2) is 87.1 Å². The van der Waals surface area contributed by atoms with E-state index >= 15 is 0 Å². The van der Waals surface area contributed by atoms with Crippen LogP contribution >= 0.6 is 22.9 Å². The maximum Gasteiger partial charge on any atom is 0.275 e. The number of hydrogen-bond acceptors (Lipinski definition) is 11. The Kier molecular flexibility index (Phi) is 8.92. The van der Waals surface area contributed by atoms with E-state index in [1.165, 1.54) is 29.3 Å².